The second kappa shape index (κ2) is 4.31. The van der Waals surface area contributed by atoms with Crippen LogP contribution in [0.5, 0.6) is 0 Å². The molecule has 0 aromatic heterocycles. The number of carbonyl (C=O) groups is 1. The lowest BCUT2D eigenvalue weighted by Gasteiger charge is -2.05. The molecule has 2 atom stereocenters. The largest absolute Gasteiger partial charge is 0.481 e. The zero-order chi connectivity index (χ0) is 13.7. The molecule has 2 unspecified atom stereocenters. The molecule has 0 spiro atoms. The number of carboxylic acids is 1. The first-order chi connectivity index (χ1) is 8.26. The van der Waals surface area contributed by atoms with Gasteiger partial charge in [0.15, 0.2) is 0 Å². The molecule has 0 bridgehead atoms. The number of aliphatic carboxylic acids is 1. The van der Waals surface area contributed by atoms with E-state index in [0.29, 0.717) is 0 Å². The Morgan fingerprint density at radius 2 is 2.00 bits per heavy atom. The van der Waals surface area contributed by atoms with Crippen LogP contribution in [0.25, 0.3) is 0 Å². The number of rotatable bonds is 3. The third kappa shape index (κ3) is 2.06. The predicted octanol–water partition coefficient (Wildman–Crippen LogP) is 3.74. The van der Waals surface area contributed by atoms with Crippen molar-refractivity contribution in [3.05, 3.63) is 35.1 Å². The van der Waals surface area contributed by atoms with Gasteiger partial charge in [0.2, 0.25) is 0 Å². The molecule has 1 aliphatic carbocycles. The van der Waals surface area contributed by atoms with Crippen molar-refractivity contribution < 1.29 is 23.1 Å². The lowest BCUT2D eigenvalue weighted by Crippen LogP contribution is -2.03. The van der Waals surface area contributed by atoms with E-state index in [0.717, 1.165) is 12.1 Å². The van der Waals surface area contributed by atoms with Crippen LogP contribution < -0.4 is 0 Å². The summed E-state index contributed by atoms with van der Waals surface area (Å²) in [6.45, 7) is 0. The molecule has 0 aliphatic heterocycles. The summed E-state index contributed by atoms with van der Waals surface area (Å²) in [6.07, 6.45) is -2.98. The second-order valence-corrected chi connectivity index (χ2v) is 5.49. The maximum Gasteiger partial charge on any atom is 0.310 e. The fourth-order valence-corrected chi connectivity index (χ4v) is 2.79. The molecule has 2 rings (SSSR count). The number of carboxylic acid groups (broad SMARTS) is 1. The fourth-order valence-electron chi connectivity index (χ4n) is 1.97. The van der Waals surface area contributed by atoms with Gasteiger partial charge in [-0.2, -0.15) is 0 Å². The Balaban J connectivity index is 2.37. The van der Waals surface area contributed by atoms with Gasteiger partial charge in [-0.15, -0.1) is 0 Å². The first-order valence-corrected chi connectivity index (χ1v) is 5.70. The maximum atomic E-state index is 13.1. The summed E-state index contributed by atoms with van der Waals surface area (Å²) in [7, 11) is 0. The minimum atomic E-state index is -2.98. The van der Waals surface area contributed by atoms with Crippen molar-refractivity contribution in [2.75, 3.05) is 0 Å². The molecule has 2 nitrogen and oxygen atoms in total. The predicted molar refractivity (Wildman–Crippen MR) is 59.7 cm³/mol. The van der Waals surface area contributed by atoms with Gasteiger partial charge in [-0.05, 0) is 17.7 Å². The molecule has 1 saturated carbocycles. The molecule has 18 heavy (non-hydrogen) atoms. The van der Waals surface area contributed by atoms with Gasteiger partial charge in [-0.1, -0.05) is 29.3 Å². The van der Waals surface area contributed by atoms with Crippen LogP contribution in [0.2, 0.25) is 0 Å². The Kier molecular flexibility index (Phi) is 3.23. The standard InChI is InChI=1S/C11H7Cl2F3O2/c12-11(13)7(8(11)10(17)18)4-1-2-6(14)5(3-4)9(15)16/h1-3,7-9H,(H,17,18). The van der Waals surface area contributed by atoms with Crippen molar-refractivity contribution in [2.24, 2.45) is 5.92 Å². The van der Waals surface area contributed by atoms with E-state index in [1.807, 2.05) is 0 Å². The van der Waals surface area contributed by atoms with Crippen molar-refractivity contribution in [1.82, 2.24) is 0 Å². The van der Waals surface area contributed by atoms with Crippen molar-refractivity contribution in [1.29, 1.82) is 0 Å². The van der Waals surface area contributed by atoms with Gasteiger partial charge in [0, 0.05) is 5.92 Å². The molecule has 0 heterocycles. The maximum absolute atomic E-state index is 13.1. The van der Waals surface area contributed by atoms with E-state index < -0.39 is 39.9 Å². The Labute approximate surface area is 110 Å². The molecule has 1 aromatic rings. The molecule has 0 amide bonds. The average Bonchev–Trinajstić information content (AvgIpc) is 2.82. The third-order valence-electron chi connectivity index (χ3n) is 2.93. The van der Waals surface area contributed by atoms with Gasteiger partial charge >= 0.3 is 5.97 Å². The molecule has 1 fully saturated rings. The summed E-state index contributed by atoms with van der Waals surface area (Å²) in [5.74, 6) is -4.14. The fraction of sp³-hybridized carbons (Fsp3) is 0.364. The SMILES string of the molecule is O=C(O)C1C(c2ccc(F)c(C(F)F)c2)C1(Cl)Cl. The van der Waals surface area contributed by atoms with Gasteiger partial charge < -0.3 is 5.11 Å². The smallest absolute Gasteiger partial charge is 0.310 e. The zero-order valence-electron chi connectivity index (χ0n) is 8.71. The Morgan fingerprint density at radius 3 is 2.44 bits per heavy atom. The molecule has 1 aliphatic rings. The first kappa shape index (κ1) is 13.5. The number of hydrogen-bond donors (Lipinski definition) is 1. The van der Waals surface area contributed by atoms with E-state index in [1.54, 1.807) is 0 Å². The molecule has 7 heteroatoms. The van der Waals surface area contributed by atoms with E-state index in [9.17, 15) is 18.0 Å². The van der Waals surface area contributed by atoms with Gasteiger partial charge in [0.05, 0.1) is 11.5 Å². The lowest BCUT2D eigenvalue weighted by atomic mass is 10.1. The Morgan fingerprint density at radius 1 is 1.39 bits per heavy atom. The Hall–Kier alpha value is -0.940. The van der Waals surface area contributed by atoms with Gasteiger partial charge in [-0.25, -0.2) is 13.2 Å². The van der Waals surface area contributed by atoms with Crippen LogP contribution in [0.15, 0.2) is 18.2 Å². The van der Waals surface area contributed by atoms with Crippen molar-refractivity contribution in [3.63, 3.8) is 0 Å². The van der Waals surface area contributed by atoms with Crippen LogP contribution in [0, 0.1) is 11.7 Å². The normalized spacial score (nSPS) is 25.2. The van der Waals surface area contributed by atoms with Crippen LogP contribution >= 0.6 is 23.2 Å². The summed E-state index contributed by atoms with van der Waals surface area (Å²) in [5, 5.41) is 8.86. The highest BCUT2D eigenvalue weighted by molar-refractivity contribution is 6.53. The third-order valence-corrected chi connectivity index (χ3v) is 3.87. The zero-order valence-corrected chi connectivity index (χ0v) is 10.2. The van der Waals surface area contributed by atoms with Crippen molar-refractivity contribution >= 4 is 29.2 Å². The van der Waals surface area contributed by atoms with Crippen LogP contribution in [0.4, 0.5) is 13.2 Å². The molecule has 1 aromatic carbocycles. The highest BCUT2D eigenvalue weighted by Crippen LogP contribution is 2.65. The topological polar surface area (TPSA) is 37.3 Å². The highest BCUT2D eigenvalue weighted by Gasteiger charge is 2.68. The second-order valence-electron chi connectivity index (χ2n) is 4.05. The minimum absolute atomic E-state index is 0.198. The quantitative estimate of drug-likeness (QED) is 0.863. The van der Waals surface area contributed by atoms with Crippen LogP contribution in [0.1, 0.15) is 23.5 Å². The molecular weight excluding hydrogens is 292 g/mol. The molecular formula is C11H7Cl2F3O2. The highest BCUT2D eigenvalue weighted by atomic mass is 35.5. The van der Waals surface area contributed by atoms with Gasteiger partial charge in [-0.3, -0.25) is 4.79 Å². The monoisotopic (exact) mass is 298 g/mol. The summed E-state index contributed by atoms with van der Waals surface area (Å²) in [4.78, 5) is 10.9. The van der Waals surface area contributed by atoms with E-state index >= 15 is 0 Å². The van der Waals surface area contributed by atoms with E-state index in [4.69, 9.17) is 28.3 Å². The summed E-state index contributed by atoms with van der Waals surface area (Å²) >= 11 is 11.6. The lowest BCUT2D eigenvalue weighted by molar-refractivity contribution is -0.138. The van der Waals surface area contributed by atoms with Gasteiger partial charge in [0.1, 0.15) is 10.2 Å². The summed E-state index contributed by atoms with van der Waals surface area (Å²) < 4.78 is 36.6. The molecule has 98 valence electrons. The molecule has 0 saturated heterocycles. The molecule has 1 N–H and O–H groups in total. The van der Waals surface area contributed by atoms with Crippen LogP contribution in [-0.4, -0.2) is 15.4 Å². The van der Waals surface area contributed by atoms with E-state index in [-0.39, 0.29) is 5.56 Å². The van der Waals surface area contributed by atoms with E-state index in [1.165, 1.54) is 6.07 Å². The Bertz CT molecular complexity index is 505. The first-order valence-electron chi connectivity index (χ1n) is 4.95. The number of halogens is 5. The molecule has 0 radical (unpaired) electrons. The number of benzene rings is 1. The van der Waals surface area contributed by atoms with Crippen molar-refractivity contribution in [3.8, 4) is 0 Å². The van der Waals surface area contributed by atoms with Gasteiger partial charge in [0.25, 0.3) is 6.43 Å². The van der Waals surface area contributed by atoms with E-state index in [2.05, 4.69) is 0 Å². The summed E-state index contributed by atoms with van der Waals surface area (Å²) in [5.41, 5.74) is -0.586. The van der Waals surface area contributed by atoms with Crippen molar-refractivity contribution in [2.45, 2.75) is 16.7 Å². The number of alkyl halides is 4. The minimum Gasteiger partial charge on any atom is -0.481 e. The average molecular weight is 299 g/mol. The summed E-state index contributed by atoms with van der Waals surface area (Å²) in [6, 6.07) is 2.99. The number of hydrogen-bond acceptors (Lipinski definition) is 1. The van der Waals surface area contributed by atoms with Crippen LogP contribution in [0.3, 0.4) is 0 Å². The van der Waals surface area contributed by atoms with Crippen LogP contribution in [-0.2, 0) is 4.79 Å².